The molecule has 0 saturated heterocycles. The van der Waals surface area contributed by atoms with Gasteiger partial charge in [0.1, 0.15) is 0 Å². The van der Waals surface area contributed by atoms with Gasteiger partial charge in [0.25, 0.3) is 0 Å². The zero-order valence-electron chi connectivity index (χ0n) is 11.2. The van der Waals surface area contributed by atoms with Crippen LogP contribution >= 0.6 is 0 Å². The van der Waals surface area contributed by atoms with Crippen LogP contribution in [0.4, 0.5) is 5.69 Å². The molecule has 0 atom stereocenters. The fourth-order valence-corrected chi connectivity index (χ4v) is 2.67. The van der Waals surface area contributed by atoms with Crippen molar-refractivity contribution in [3.63, 3.8) is 0 Å². The van der Waals surface area contributed by atoms with Crippen LogP contribution in [0.25, 0.3) is 0 Å². The quantitative estimate of drug-likeness (QED) is 0.849. The predicted octanol–water partition coefficient (Wildman–Crippen LogP) is 2.77. The van der Waals surface area contributed by atoms with E-state index >= 15 is 0 Å². The Kier molecular flexibility index (Phi) is 3.43. The number of benzene rings is 1. The Labute approximate surface area is 104 Å². The minimum atomic E-state index is -0.625. The van der Waals surface area contributed by atoms with E-state index in [2.05, 4.69) is 30.1 Å². The molecule has 1 heterocycles. The van der Waals surface area contributed by atoms with Gasteiger partial charge in [-0.3, -0.25) is 0 Å². The van der Waals surface area contributed by atoms with E-state index in [4.69, 9.17) is 0 Å². The van der Waals surface area contributed by atoms with Crippen LogP contribution in [0.1, 0.15) is 37.8 Å². The molecule has 1 aromatic carbocycles. The molecular formula is C15H23NO. The molecule has 2 nitrogen and oxygen atoms in total. The number of fused-ring (bicyclic) bond motifs is 1. The largest absolute Gasteiger partial charge is 0.390 e. The fraction of sp³-hybridized carbons (Fsp3) is 0.600. The van der Waals surface area contributed by atoms with Crippen molar-refractivity contribution in [3.8, 4) is 0 Å². The summed E-state index contributed by atoms with van der Waals surface area (Å²) in [6, 6.07) is 6.48. The zero-order valence-corrected chi connectivity index (χ0v) is 11.2. The molecule has 0 amide bonds. The minimum Gasteiger partial charge on any atom is -0.390 e. The van der Waals surface area contributed by atoms with Crippen LogP contribution in [0.2, 0.25) is 0 Å². The summed E-state index contributed by atoms with van der Waals surface area (Å²) in [6.07, 6.45) is 4.39. The molecule has 0 unspecified atom stereocenters. The predicted molar refractivity (Wildman–Crippen MR) is 72.7 cm³/mol. The summed E-state index contributed by atoms with van der Waals surface area (Å²) in [5.41, 5.74) is 3.47. The summed E-state index contributed by atoms with van der Waals surface area (Å²) in [5.74, 6) is 0. The van der Waals surface area contributed by atoms with E-state index in [1.807, 2.05) is 13.8 Å². The Morgan fingerprint density at radius 2 is 2.06 bits per heavy atom. The molecule has 0 bridgehead atoms. The lowest BCUT2D eigenvalue weighted by Gasteiger charge is -2.24. The van der Waals surface area contributed by atoms with E-state index < -0.39 is 5.60 Å². The van der Waals surface area contributed by atoms with Crippen LogP contribution in [0.15, 0.2) is 18.2 Å². The van der Waals surface area contributed by atoms with Crippen molar-refractivity contribution >= 4 is 5.69 Å². The third kappa shape index (κ3) is 3.01. The highest BCUT2D eigenvalue weighted by Crippen LogP contribution is 2.30. The van der Waals surface area contributed by atoms with Gasteiger partial charge in [0.2, 0.25) is 0 Å². The molecular weight excluding hydrogens is 210 g/mol. The van der Waals surface area contributed by atoms with E-state index in [0.717, 1.165) is 19.4 Å². The highest BCUT2D eigenvalue weighted by atomic mass is 16.3. The first-order chi connectivity index (χ1) is 7.97. The van der Waals surface area contributed by atoms with Crippen molar-refractivity contribution in [1.29, 1.82) is 0 Å². The Balaban J connectivity index is 2.38. The first kappa shape index (κ1) is 12.4. The number of rotatable bonds is 2. The van der Waals surface area contributed by atoms with E-state index in [-0.39, 0.29) is 0 Å². The number of hydrogen-bond acceptors (Lipinski definition) is 2. The first-order valence-electron chi connectivity index (χ1n) is 6.52. The van der Waals surface area contributed by atoms with Gasteiger partial charge < -0.3 is 10.0 Å². The van der Waals surface area contributed by atoms with Crippen LogP contribution in [0.5, 0.6) is 0 Å². The zero-order chi connectivity index (χ0) is 12.5. The second-order valence-corrected chi connectivity index (χ2v) is 5.78. The van der Waals surface area contributed by atoms with E-state index in [1.165, 1.54) is 29.7 Å². The van der Waals surface area contributed by atoms with Crippen LogP contribution in [-0.2, 0) is 12.8 Å². The van der Waals surface area contributed by atoms with Crippen molar-refractivity contribution in [3.05, 3.63) is 29.3 Å². The van der Waals surface area contributed by atoms with E-state index in [1.54, 1.807) is 0 Å². The van der Waals surface area contributed by atoms with Crippen molar-refractivity contribution in [2.45, 2.75) is 45.1 Å². The van der Waals surface area contributed by atoms with Gasteiger partial charge in [-0.05, 0) is 50.3 Å². The molecule has 1 N–H and O–H groups in total. The molecule has 2 heteroatoms. The lowest BCUT2D eigenvalue weighted by molar-refractivity contribution is 0.0808. The lowest BCUT2D eigenvalue weighted by Crippen LogP contribution is -2.23. The average Bonchev–Trinajstić information content (AvgIpc) is 2.40. The normalized spacial score (nSPS) is 16.6. The lowest BCUT2D eigenvalue weighted by atomic mass is 9.92. The van der Waals surface area contributed by atoms with Gasteiger partial charge in [-0.25, -0.2) is 0 Å². The van der Waals surface area contributed by atoms with Gasteiger partial charge in [-0.15, -0.1) is 0 Å². The molecule has 0 fully saturated rings. The monoisotopic (exact) mass is 233 g/mol. The number of hydrogen-bond donors (Lipinski definition) is 1. The molecule has 1 aromatic rings. The average molecular weight is 233 g/mol. The van der Waals surface area contributed by atoms with Gasteiger partial charge >= 0.3 is 0 Å². The topological polar surface area (TPSA) is 23.5 Å². The molecule has 1 aliphatic heterocycles. The fourth-order valence-electron chi connectivity index (χ4n) is 2.67. The summed E-state index contributed by atoms with van der Waals surface area (Å²) >= 11 is 0. The minimum absolute atomic E-state index is 0.625. The van der Waals surface area contributed by atoms with Gasteiger partial charge in [0.15, 0.2) is 0 Å². The van der Waals surface area contributed by atoms with Gasteiger partial charge in [0.05, 0.1) is 5.60 Å². The van der Waals surface area contributed by atoms with Gasteiger partial charge in [0, 0.05) is 25.7 Å². The molecule has 17 heavy (non-hydrogen) atoms. The summed E-state index contributed by atoms with van der Waals surface area (Å²) in [7, 11) is 2.16. The Morgan fingerprint density at radius 1 is 1.29 bits per heavy atom. The number of nitrogens with zero attached hydrogens (tertiary/aromatic N) is 1. The molecule has 0 aromatic heterocycles. The summed E-state index contributed by atoms with van der Waals surface area (Å²) < 4.78 is 0. The molecule has 0 saturated carbocycles. The van der Waals surface area contributed by atoms with Crippen molar-refractivity contribution in [1.82, 2.24) is 0 Å². The maximum atomic E-state index is 10.00. The molecule has 0 radical (unpaired) electrons. The van der Waals surface area contributed by atoms with Crippen LogP contribution < -0.4 is 4.90 Å². The number of aliphatic hydroxyl groups is 1. The van der Waals surface area contributed by atoms with E-state index in [0.29, 0.717) is 0 Å². The maximum absolute atomic E-state index is 10.00. The smallest absolute Gasteiger partial charge is 0.0632 e. The molecule has 1 aliphatic rings. The van der Waals surface area contributed by atoms with Gasteiger partial charge in [-0.2, -0.15) is 0 Å². The highest BCUT2D eigenvalue weighted by molar-refractivity contribution is 5.57. The summed E-state index contributed by atoms with van der Waals surface area (Å²) in [4.78, 5) is 2.34. The number of anilines is 1. The van der Waals surface area contributed by atoms with Gasteiger partial charge in [-0.1, -0.05) is 12.1 Å². The Morgan fingerprint density at radius 3 is 2.76 bits per heavy atom. The SMILES string of the molecule is CN1CCCCc2c(CC(C)(C)O)cccc21. The second kappa shape index (κ2) is 4.69. The van der Waals surface area contributed by atoms with Crippen molar-refractivity contribution in [2.75, 3.05) is 18.5 Å². The van der Waals surface area contributed by atoms with Crippen LogP contribution in [0.3, 0.4) is 0 Å². The second-order valence-electron chi connectivity index (χ2n) is 5.78. The summed E-state index contributed by atoms with van der Waals surface area (Å²) in [5, 5.41) is 10.00. The molecule has 94 valence electrons. The van der Waals surface area contributed by atoms with Crippen molar-refractivity contribution in [2.24, 2.45) is 0 Å². The third-order valence-corrected chi connectivity index (χ3v) is 3.45. The molecule has 0 aliphatic carbocycles. The molecule has 2 rings (SSSR count). The Hall–Kier alpha value is -1.02. The van der Waals surface area contributed by atoms with E-state index in [9.17, 15) is 5.11 Å². The standard InChI is InChI=1S/C15H23NO/c1-15(2,17)11-12-7-6-9-14-13(12)8-4-5-10-16(14)3/h6-7,9,17H,4-5,8,10-11H2,1-3H3. The maximum Gasteiger partial charge on any atom is 0.0632 e. The first-order valence-corrected chi connectivity index (χ1v) is 6.52. The molecule has 0 spiro atoms. The highest BCUT2D eigenvalue weighted by Gasteiger charge is 2.20. The van der Waals surface area contributed by atoms with Crippen LogP contribution in [0, 0.1) is 0 Å². The summed E-state index contributed by atoms with van der Waals surface area (Å²) in [6.45, 7) is 4.90. The Bertz CT molecular complexity index is 392. The third-order valence-electron chi connectivity index (χ3n) is 3.45. The van der Waals surface area contributed by atoms with Crippen LogP contribution in [-0.4, -0.2) is 24.3 Å². The van der Waals surface area contributed by atoms with Crippen molar-refractivity contribution < 1.29 is 5.11 Å².